The Kier molecular flexibility index (Phi) is 6.78. The van der Waals surface area contributed by atoms with Gasteiger partial charge in [-0.15, -0.1) is 10.2 Å². The van der Waals surface area contributed by atoms with Gasteiger partial charge in [0.15, 0.2) is 0 Å². The molecule has 0 radical (unpaired) electrons. The van der Waals surface area contributed by atoms with Crippen molar-refractivity contribution >= 4 is 29.1 Å². The van der Waals surface area contributed by atoms with Gasteiger partial charge in [0.05, 0.1) is 6.07 Å². The number of tetrazole rings is 1. The third kappa shape index (κ3) is 5.84. The molecule has 1 atom stereocenters. The predicted octanol–water partition coefficient (Wildman–Crippen LogP) is 4.95. The van der Waals surface area contributed by atoms with Crippen LogP contribution in [0, 0.1) is 11.3 Å². The standard InChI is InChI=1S/C23H18ClN7O2/c24-18-10-17(11-20(12-18)27-23(32)33-14-15-4-2-1-3-5-15)21(13-25)26-19-8-6-16(7-9-19)22-28-30-31-29-22/h1-12,21,26H,14H2,(H,27,32)(H,28,29,30,31)/t21-/m0/s1. The van der Waals surface area contributed by atoms with Crippen molar-refractivity contribution in [1.29, 1.82) is 5.26 Å². The van der Waals surface area contributed by atoms with Gasteiger partial charge in [0.2, 0.25) is 5.82 Å². The van der Waals surface area contributed by atoms with E-state index in [1.165, 1.54) is 0 Å². The first-order valence-electron chi connectivity index (χ1n) is 9.89. The number of aromatic amines is 1. The second-order valence-corrected chi connectivity index (χ2v) is 7.42. The van der Waals surface area contributed by atoms with E-state index < -0.39 is 12.1 Å². The second kappa shape index (κ2) is 10.3. The lowest BCUT2D eigenvalue weighted by Crippen LogP contribution is -2.14. The predicted molar refractivity (Wildman–Crippen MR) is 123 cm³/mol. The summed E-state index contributed by atoms with van der Waals surface area (Å²) in [6.07, 6.45) is -0.620. The molecule has 9 nitrogen and oxygen atoms in total. The number of halogens is 1. The molecule has 1 heterocycles. The molecule has 0 saturated carbocycles. The highest BCUT2D eigenvalue weighted by Gasteiger charge is 2.14. The third-order valence-corrected chi connectivity index (χ3v) is 4.86. The van der Waals surface area contributed by atoms with Gasteiger partial charge in [0.1, 0.15) is 12.6 Å². The van der Waals surface area contributed by atoms with E-state index in [2.05, 4.69) is 37.3 Å². The van der Waals surface area contributed by atoms with Crippen molar-refractivity contribution in [2.75, 3.05) is 10.6 Å². The minimum absolute atomic E-state index is 0.141. The van der Waals surface area contributed by atoms with Crippen LogP contribution in [0.3, 0.4) is 0 Å². The zero-order chi connectivity index (χ0) is 23.0. The fraction of sp³-hybridized carbons (Fsp3) is 0.0870. The molecule has 1 amide bonds. The minimum Gasteiger partial charge on any atom is -0.444 e. The fourth-order valence-electron chi connectivity index (χ4n) is 3.08. The molecule has 0 spiro atoms. The summed E-state index contributed by atoms with van der Waals surface area (Å²) in [5, 5.41) is 29.7. The summed E-state index contributed by atoms with van der Waals surface area (Å²) >= 11 is 6.24. The monoisotopic (exact) mass is 459 g/mol. The molecule has 0 aliphatic heterocycles. The number of rotatable bonds is 7. The first-order chi connectivity index (χ1) is 16.1. The lowest BCUT2D eigenvalue weighted by Gasteiger charge is -2.16. The minimum atomic E-state index is -0.708. The van der Waals surface area contributed by atoms with Gasteiger partial charge in [0, 0.05) is 22.0 Å². The van der Waals surface area contributed by atoms with Gasteiger partial charge in [-0.05, 0) is 58.8 Å². The first kappa shape index (κ1) is 21.8. The molecule has 10 heteroatoms. The summed E-state index contributed by atoms with van der Waals surface area (Å²) < 4.78 is 5.25. The number of amides is 1. The molecule has 0 saturated heterocycles. The summed E-state index contributed by atoms with van der Waals surface area (Å²) in [4.78, 5) is 12.2. The first-order valence-corrected chi connectivity index (χ1v) is 10.3. The van der Waals surface area contributed by atoms with Crippen molar-refractivity contribution in [2.45, 2.75) is 12.6 Å². The maximum absolute atomic E-state index is 12.2. The number of carbonyl (C=O) groups excluding carboxylic acids is 1. The van der Waals surface area contributed by atoms with Crippen LogP contribution in [0.1, 0.15) is 17.2 Å². The van der Waals surface area contributed by atoms with E-state index in [0.29, 0.717) is 27.8 Å². The Bertz CT molecular complexity index is 1260. The van der Waals surface area contributed by atoms with Crippen LogP contribution < -0.4 is 10.6 Å². The van der Waals surface area contributed by atoms with E-state index in [1.807, 2.05) is 42.5 Å². The van der Waals surface area contributed by atoms with Crippen LogP contribution in [0.15, 0.2) is 72.8 Å². The van der Waals surface area contributed by atoms with Gasteiger partial charge in [0.25, 0.3) is 0 Å². The largest absolute Gasteiger partial charge is 0.444 e. The summed E-state index contributed by atoms with van der Waals surface area (Å²) in [5.74, 6) is 0.475. The summed E-state index contributed by atoms with van der Waals surface area (Å²) in [7, 11) is 0. The quantitative estimate of drug-likeness (QED) is 0.356. The zero-order valence-electron chi connectivity index (χ0n) is 17.2. The van der Waals surface area contributed by atoms with Crippen molar-refractivity contribution in [3.8, 4) is 17.5 Å². The zero-order valence-corrected chi connectivity index (χ0v) is 18.0. The van der Waals surface area contributed by atoms with Crippen LogP contribution in [0.5, 0.6) is 0 Å². The molecule has 4 rings (SSSR count). The van der Waals surface area contributed by atoms with E-state index >= 15 is 0 Å². The van der Waals surface area contributed by atoms with Gasteiger partial charge < -0.3 is 10.1 Å². The summed E-state index contributed by atoms with van der Waals surface area (Å²) in [6, 6.07) is 23.0. The lowest BCUT2D eigenvalue weighted by molar-refractivity contribution is 0.155. The Morgan fingerprint density at radius 2 is 1.88 bits per heavy atom. The molecule has 3 aromatic carbocycles. The van der Waals surface area contributed by atoms with Gasteiger partial charge in [-0.2, -0.15) is 10.5 Å². The van der Waals surface area contributed by atoms with Crippen LogP contribution >= 0.6 is 11.6 Å². The highest BCUT2D eigenvalue weighted by atomic mass is 35.5. The third-order valence-electron chi connectivity index (χ3n) is 4.64. The molecule has 0 fully saturated rings. The topological polar surface area (TPSA) is 129 Å². The molecule has 1 aromatic heterocycles. The van der Waals surface area contributed by atoms with Gasteiger partial charge >= 0.3 is 6.09 Å². The smallest absolute Gasteiger partial charge is 0.411 e. The number of nitrogens with zero attached hydrogens (tertiary/aromatic N) is 4. The van der Waals surface area contributed by atoms with Crippen molar-refractivity contribution in [3.05, 3.63) is 88.9 Å². The average molecular weight is 460 g/mol. The molecule has 0 aliphatic rings. The number of nitriles is 1. The number of hydrogen-bond donors (Lipinski definition) is 3. The van der Waals surface area contributed by atoms with E-state index in [-0.39, 0.29) is 6.61 Å². The summed E-state index contributed by atoms with van der Waals surface area (Å²) in [5.41, 5.74) is 3.38. The van der Waals surface area contributed by atoms with Crippen molar-refractivity contribution in [2.24, 2.45) is 0 Å². The van der Waals surface area contributed by atoms with Crippen molar-refractivity contribution < 1.29 is 9.53 Å². The molecule has 4 aromatic rings. The number of ether oxygens (including phenoxy) is 1. The second-order valence-electron chi connectivity index (χ2n) is 6.98. The highest BCUT2D eigenvalue weighted by molar-refractivity contribution is 6.31. The molecule has 0 unspecified atom stereocenters. The van der Waals surface area contributed by atoms with Crippen LogP contribution in [-0.2, 0) is 11.3 Å². The SMILES string of the molecule is N#C[C@H](Nc1ccc(-c2nn[nH]n2)cc1)c1cc(Cl)cc(NC(=O)OCc2ccccc2)c1. The lowest BCUT2D eigenvalue weighted by atomic mass is 10.1. The van der Waals surface area contributed by atoms with Crippen LogP contribution in [0.25, 0.3) is 11.4 Å². The van der Waals surface area contributed by atoms with E-state index in [0.717, 1.165) is 11.1 Å². The molecule has 3 N–H and O–H groups in total. The average Bonchev–Trinajstić information content (AvgIpc) is 3.37. The number of aromatic nitrogens is 4. The van der Waals surface area contributed by atoms with Crippen LogP contribution in [0.4, 0.5) is 16.2 Å². The van der Waals surface area contributed by atoms with Gasteiger partial charge in [-0.1, -0.05) is 41.9 Å². The van der Waals surface area contributed by atoms with Gasteiger partial charge in [-0.3, -0.25) is 5.32 Å². The number of benzene rings is 3. The number of carbonyl (C=O) groups is 1. The van der Waals surface area contributed by atoms with Crippen molar-refractivity contribution in [1.82, 2.24) is 20.6 Å². The molecular weight excluding hydrogens is 442 g/mol. The molecule has 0 aliphatic carbocycles. The van der Waals surface area contributed by atoms with E-state index in [1.54, 1.807) is 30.3 Å². The van der Waals surface area contributed by atoms with Crippen molar-refractivity contribution in [3.63, 3.8) is 0 Å². The number of nitrogens with one attached hydrogen (secondary N) is 3. The molecule has 0 bridgehead atoms. The van der Waals surface area contributed by atoms with Gasteiger partial charge in [-0.25, -0.2) is 4.79 Å². The highest BCUT2D eigenvalue weighted by Crippen LogP contribution is 2.27. The van der Waals surface area contributed by atoms with Crippen LogP contribution in [-0.4, -0.2) is 26.7 Å². The number of anilines is 2. The fourth-order valence-corrected chi connectivity index (χ4v) is 3.33. The molecule has 164 valence electrons. The Hall–Kier alpha value is -4.42. The van der Waals surface area contributed by atoms with E-state index in [9.17, 15) is 10.1 Å². The van der Waals surface area contributed by atoms with E-state index in [4.69, 9.17) is 16.3 Å². The Balaban J connectivity index is 1.42. The summed E-state index contributed by atoms with van der Waals surface area (Å²) in [6.45, 7) is 0.141. The molecule has 33 heavy (non-hydrogen) atoms. The Labute approximate surface area is 194 Å². The maximum atomic E-state index is 12.2. The number of hydrogen-bond acceptors (Lipinski definition) is 7. The van der Waals surface area contributed by atoms with Crippen LogP contribution in [0.2, 0.25) is 5.02 Å². The normalized spacial score (nSPS) is 11.3. The Morgan fingerprint density at radius 1 is 1.09 bits per heavy atom. The molecular formula is C23H18ClN7O2. The Morgan fingerprint density at radius 3 is 2.58 bits per heavy atom. The maximum Gasteiger partial charge on any atom is 0.411 e. The number of H-pyrrole nitrogens is 1.